The summed E-state index contributed by atoms with van der Waals surface area (Å²) >= 11 is 3.14. The first-order valence-electron chi connectivity index (χ1n) is 3.06. The number of methoxy groups -OCH3 is 1. The van der Waals surface area contributed by atoms with E-state index in [1.165, 1.54) is 19.4 Å². The van der Waals surface area contributed by atoms with Gasteiger partial charge in [0.15, 0.2) is 0 Å². The Labute approximate surface area is 95.6 Å². The largest absolute Gasteiger partial charge is 1.00 e. The Bertz CT molecular complexity index is 319. The topological polar surface area (TPSA) is 62.2 Å². The van der Waals surface area contributed by atoms with Crippen LogP contribution in [0.5, 0.6) is 5.75 Å². The van der Waals surface area contributed by atoms with Crippen LogP contribution in [0, 0.1) is 0 Å². The molecule has 0 spiro atoms. The summed E-state index contributed by atoms with van der Waals surface area (Å²) in [6.07, 6.45) is 1.35. The Morgan fingerprint density at radius 2 is 2.31 bits per heavy atom. The molecule has 0 aliphatic carbocycles. The van der Waals surface area contributed by atoms with Crippen molar-refractivity contribution in [2.45, 2.75) is 0 Å². The minimum absolute atomic E-state index is 0. The van der Waals surface area contributed by atoms with Crippen LogP contribution < -0.4 is 28.7 Å². The van der Waals surface area contributed by atoms with Crippen LogP contribution in [0.4, 0.5) is 0 Å². The SMILES string of the molecule is COc1cc(C(=O)[O-])ncc1Br.[Li+]. The summed E-state index contributed by atoms with van der Waals surface area (Å²) in [5.41, 5.74) is -0.143. The molecule has 0 radical (unpaired) electrons. The molecule has 0 saturated carbocycles. The third-order valence-corrected chi connectivity index (χ3v) is 1.84. The fourth-order valence-corrected chi connectivity index (χ4v) is 1.07. The number of ether oxygens (including phenoxy) is 1. The van der Waals surface area contributed by atoms with Gasteiger partial charge in [-0.15, -0.1) is 0 Å². The first-order valence-corrected chi connectivity index (χ1v) is 3.85. The molecule has 13 heavy (non-hydrogen) atoms. The van der Waals surface area contributed by atoms with E-state index in [2.05, 4.69) is 20.9 Å². The number of carboxylic acids is 1. The third-order valence-electron chi connectivity index (χ3n) is 1.25. The summed E-state index contributed by atoms with van der Waals surface area (Å²) in [5, 5.41) is 10.3. The van der Waals surface area contributed by atoms with Gasteiger partial charge >= 0.3 is 18.9 Å². The van der Waals surface area contributed by atoms with Gasteiger partial charge < -0.3 is 14.6 Å². The van der Waals surface area contributed by atoms with E-state index in [9.17, 15) is 9.90 Å². The van der Waals surface area contributed by atoms with E-state index in [1.807, 2.05) is 0 Å². The number of aromatic nitrogens is 1. The maximum atomic E-state index is 10.3. The van der Waals surface area contributed by atoms with Crippen molar-refractivity contribution in [3.05, 3.63) is 22.4 Å². The van der Waals surface area contributed by atoms with E-state index in [4.69, 9.17) is 4.74 Å². The van der Waals surface area contributed by atoms with Gasteiger partial charge in [-0.3, -0.25) is 4.98 Å². The van der Waals surface area contributed by atoms with Gasteiger partial charge in [-0.1, -0.05) is 0 Å². The van der Waals surface area contributed by atoms with Crippen molar-refractivity contribution in [3.8, 4) is 5.75 Å². The zero-order chi connectivity index (χ0) is 9.14. The number of rotatable bonds is 2. The van der Waals surface area contributed by atoms with Crippen LogP contribution in [-0.4, -0.2) is 18.1 Å². The smallest absolute Gasteiger partial charge is 0.543 e. The predicted octanol–water partition coefficient (Wildman–Crippen LogP) is -2.78. The van der Waals surface area contributed by atoms with Crippen LogP contribution in [0.15, 0.2) is 16.7 Å². The standard InChI is InChI=1S/C7H6BrNO3.Li/c1-12-6-2-5(7(10)11)9-3-4(6)8;/h2-3H,1H3,(H,10,11);/q;+1/p-1. The predicted molar refractivity (Wildman–Crippen MR) is 42.8 cm³/mol. The molecular weight excluding hydrogens is 233 g/mol. The Balaban J connectivity index is 0.00000144. The normalized spacial score (nSPS) is 8.77. The van der Waals surface area contributed by atoms with Gasteiger partial charge in [0, 0.05) is 12.3 Å². The number of carbonyl (C=O) groups excluding carboxylic acids is 1. The average Bonchev–Trinajstić information content (AvgIpc) is 2.05. The minimum Gasteiger partial charge on any atom is -0.543 e. The molecule has 0 bridgehead atoms. The maximum Gasteiger partial charge on any atom is 1.00 e. The van der Waals surface area contributed by atoms with Crippen LogP contribution >= 0.6 is 15.9 Å². The van der Waals surface area contributed by atoms with E-state index >= 15 is 0 Å². The molecule has 0 saturated heterocycles. The first-order chi connectivity index (χ1) is 5.65. The summed E-state index contributed by atoms with van der Waals surface area (Å²) in [7, 11) is 1.44. The van der Waals surface area contributed by atoms with Gasteiger partial charge in [0.25, 0.3) is 0 Å². The van der Waals surface area contributed by atoms with Gasteiger partial charge in [-0.2, -0.15) is 0 Å². The molecule has 0 atom stereocenters. The van der Waals surface area contributed by atoms with Crippen molar-refractivity contribution in [2.24, 2.45) is 0 Å². The third kappa shape index (κ3) is 3.03. The van der Waals surface area contributed by atoms with Crippen LogP contribution in [0.1, 0.15) is 10.5 Å². The molecule has 0 aliphatic rings. The van der Waals surface area contributed by atoms with Gasteiger partial charge in [0.1, 0.15) is 5.75 Å². The summed E-state index contributed by atoms with van der Waals surface area (Å²) in [6.45, 7) is 0. The first kappa shape index (κ1) is 12.5. The van der Waals surface area contributed by atoms with Crippen molar-refractivity contribution in [1.82, 2.24) is 4.98 Å². The van der Waals surface area contributed by atoms with Crippen LogP contribution in [0.2, 0.25) is 0 Å². The molecule has 4 nitrogen and oxygen atoms in total. The fourth-order valence-electron chi connectivity index (χ4n) is 0.688. The number of hydrogen-bond donors (Lipinski definition) is 0. The molecule has 0 aromatic carbocycles. The maximum absolute atomic E-state index is 10.3. The van der Waals surface area contributed by atoms with Crippen molar-refractivity contribution < 1.29 is 33.5 Å². The summed E-state index contributed by atoms with van der Waals surface area (Å²) in [5.74, 6) is -0.898. The van der Waals surface area contributed by atoms with Crippen LogP contribution in [0.25, 0.3) is 0 Å². The van der Waals surface area contributed by atoms with E-state index in [1.54, 1.807) is 0 Å². The zero-order valence-electron chi connectivity index (χ0n) is 7.20. The van der Waals surface area contributed by atoms with E-state index in [-0.39, 0.29) is 24.6 Å². The van der Waals surface area contributed by atoms with Crippen LogP contribution in [0.3, 0.4) is 0 Å². The Hall–Kier alpha value is -0.503. The van der Waals surface area contributed by atoms with E-state index < -0.39 is 5.97 Å². The zero-order valence-corrected chi connectivity index (χ0v) is 8.79. The molecule has 6 heteroatoms. The summed E-state index contributed by atoms with van der Waals surface area (Å²) in [6, 6.07) is 1.29. The molecule has 0 amide bonds. The second-order valence-corrected chi connectivity index (χ2v) is 2.85. The number of halogens is 1. The summed E-state index contributed by atoms with van der Waals surface area (Å²) < 4.78 is 5.46. The Morgan fingerprint density at radius 1 is 1.69 bits per heavy atom. The van der Waals surface area contributed by atoms with Crippen molar-refractivity contribution in [2.75, 3.05) is 7.11 Å². The number of hydrogen-bond acceptors (Lipinski definition) is 4. The molecular formula is C7H5BrLiNO3. The molecule has 1 aromatic heterocycles. The average molecular weight is 238 g/mol. The van der Waals surface area contributed by atoms with Crippen molar-refractivity contribution in [3.63, 3.8) is 0 Å². The molecule has 0 N–H and O–H groups in total. The number of carboxylic acid groups (broad SMARTS) is 1. The molecule has 0 fully saturated rings. The van der Waals surface area contributed by atoms with Crippen molar-refractivity contribution >= 4 is 21.9 Å². The monoisotopic (exact) mass is 237 g/mol. The van der Waals surface area contributed by atoms with E-state index in [0.29, 0.717) is 10.2 Å². The Morgan fingerprint density at radius 3 is 2.77 bits per heavy atom. The quantitative estimate of drug-likeness (QED) is 0.523. The fraction of sp³-hybridized carbons (Fsp3) is 0.143. The second-order valence-electron chi connectivity index (χ2n) is 1.99. The second kappa shape index (κ2) is 5.28. The molecule has 0 aliphatic heterocycles. The van der Waals surface area contributed by atoms with E-state index in [0.717, 1.165) is 0 Å². The number of nitrogens with zero attached hydrogens (tertiary/aromatic N) is 1. The number of aromatic carboxylic acids is 1. The van der Waals surface area contributed by atoms with Gasteiger partial charge in [0.05, 0.1) is 23.2 Å². The minimum atomic E-state index is -1.32. The molecule has 1 heterocycles. The Kier molecular flexibility index (Phi) is 5.07. The van der Waals surface area contributed by atoms with Crippen molar-refractivity contribution in [1.29, 1.82) is 0 Å². The molecule has 1 aromatic rings. The van der Waals surface area contributed by atoms with Crippen LogP contribution in [-0.2, 0) is 0 Å². The van der Waals surface area contributed by atoms with Gasteiger partial charge in [-0.25, -0.2) is 0 Å². The molecule has 1 rings (SSSR count). The molecule has 64 valence electrons. The number of carbonyl (C=O) groups is 1. The van der Waals surface area contributed by atoms with Gasteiger partial charge in [0.2, 0.25) is 0 Å². The number of pyridine rings is 1. The molecule has 0 unspecified atom stereocenters. The van der Waals surface area contributed by atoms with Gasteiger partial charge in [-0.05, 0) is 15.9 Å². The summed E-state index contributed by atoms with van der Waals surface area (Å²) in [4.78, 5) is 13.9.